The number of carbonyl (C=O) groups excluding carboxylic acids is 2. The summed E-state index contributed by atoms with van der Waals surface area (Å²) in [7, 11) is 0. The minimum atomic E-state index is -0.427. The van der Waals surface area contributed by atoms with Crippen LogP contribution in [0.25, 0.3) is 11.3 Å². The van der Waals surface area contributed by atoms with Crippen LogP contribution < -0.4 is 5.32 Å². The predicted octanol–water partition coefficient (Wildman–Crippen LogP) is 3.88. The fraction of sp³-hybridized carbons (Fsp3) is 0.421. The number of carbonyl (C=O) groups is 2. The number of esters is 1. The molecule has 2 aromatic rings. The molecule has 138 valence electrons. The van der Waals surface area contributed by atoms with Gasteiger partial charge >= 0.3 is 5.97 Å². The maximum Gasteiger partial charge on any atom is 0.350 e. The molecule has 1 saturated heterocycles. The number of anilines is 1. The molecule has 0 bridgehead atoms. The molecule has 1 unspecified atom stereocenters. The zero-order valence-corrected chi connectivity index (χ0v) is 15.5. The molecule has 1 aromatic heterocycles. The molecular formula is C19H22N2O4S. The minimum Gasteiger partial charge on any atom is -0.462 e. The van der Waals surface area contributed by atoms with Gasteiger partial charge in [-0.2, -0.15) is 0 Å². The highest BCUT2D eigenvalue weighted by atomic mass is 32.1. The Morgan fingerprint density at radius 2 is 2.15 bits per heavy atom. The molecule has 1 aromatic carbocycles. The average molecular weight is 374 g/mol. The van der Waals surface area contributed by atoms with E-state index in [4.69, 9.17) is 9.47 Å². The van der Waals surface area contributed by atoms with Crippen molar-refractivity contribution in [3.05, 3.63) is 35.2 Å². The van der Waals surface area contributed by atoms with E-state index in [0.717, 1.165) is 36.3 Å². The van der Waals surface area contributed by atoms with Crippen molar-refractivity contribution in [2.45, 2.75) is 38.7 Å². The second kappa shape index (κ2) is 8.91. The van der Waals surface area contributed by atoms with Crippen LogP contribution in [0.3, 0.4) is 0 Å². The van der Waals surface area contributed by atoms with Gasteiger partial charge in [0, 0.05) is 18.6 Å². The lowest BCUT2D eigenvalue weighted by Crippen LogP contribution is -2.15. The number of hydrogen-bond acceptors (Lipinski definition) is 6. The van der Waals surface area contributed by atoms with E-state index in [1.807, 2.05) is 30.3 Å². The molecule has 3 rings (SSSR count). The van der Waals surface area contributed by atoms with Gasteiger partial charge < -0.3 is 14.8 Å². The summed E-state index contributed by atoms with van der Waals surface area (Å²) >= 11 is 1.14. The molecule has 1 atom stereocenters. The van der Waals surface area contributed by atoms with Crippen LogP contribution in [0.4, 0.5) is 5.13 Å². The number of nitrogens with one attached hydrogen (secondary N) is 1. The molecule has 6 nitrogen and oxygen atoms in total. The van der Waals surface area contributed by atoms with Gasteiger partial charge in [-0.1, -0.05) is 41.7 Å². The van der Waals surface area contributed by atoms with E-state index in [0.29, 0.717) is 28.5 Å². The van der Waals surface area contributed by atoms with Crippen LogP contribution in [0.1, 0.15) is 42.3 Å². The molecule has 1 aliphatic rings. The Hall–Kier alpha value is -2.25. The minimum absolute atomic E-state index is 0.121. The Morgan fingerprint density at radius 3 is 2.85 bits per heavy atom. The fourth-order valence-corrected chi connectivity index (χ4v) is 3.74. The Morgan fingerprint density at radius 1 is 1.35 bits per heavy atom. The number of amides is 1. The van der Waals surface area contributed by atoms with Crippen LogP contribution >= 0.6 is 11.3 Å². The fourth-order valence-electron chi connectivity index (χ4n) is 2.85. The van der Waals surface area contributed by atoms with Gasteiger partial charge in [0.15, 0.2) is 5.13 Å². The number of thiazole rings is 1. The third kappa shape index (κ3) is 4.68. The number of benzene rings is 1. The smallest absolute Gasteiger partial charge is 0.350 e. The van der Waals surface area contributed by atoms with Gasteiger partial charge in [0.05, 0.1) is 18.4 Å². The van der Waals surface area contributed by atoms with Crippen molar-refractivity contribution >= 4 is 28.3 Å². The first-order chi connectivity index (χ1) is 12.7. The molecule has 0 aliphatic carbocycles. The lowest BCUT2D eigenvalue weighted by molar-refractivity contribution is -0.116. The van der Waals surface area contributed by atoms with E-state index in [9.17, 15) is 9.59 Å². The molecule has 0 saturated carbocycles. The molecule has 2 heterocycles. The van der Waals surface area contributed by atoms with Gasteiger partial charge in [-0.25, -0.2) is 9.78 Å². The standard InChI is InChI=1S/C19H22N2O4S/c1-2-24-18(23)17-16(13-7-4-3-5-8-13)21-19(26-17)20-15(22)11-10-14-9-6-12-25-14/h3-5,7-8,14H,2,6,9-12H2,1H3,(H,20,21,22). The van der Waals surface area contributed by atoms with E-state index in [1.165, 1.54) is 0 Å². The number of nitrogens with zero attached hydrogens (tertiary/aromatic N) is 1. The van der Waals surface area contributed by atoms with Gasteiger partial charge in [0.2, 0.25) is 5.91 Å². The summed E-state index contributed by atoms with van der Waals surface area (Å²) < 4.78 is 10.7. The molecule has 26 heavy (non-hydrogen) atoms. The molecular weight excluding hydrogens is 352 g/mol. The van der Waals surface area contributed by atoms with Crippen molar-refractivity contribution in [1.82, 2.24) is 4.98 Å². The summed E-state index contributed by atoms with van der Waals surface area (Å²) in [5.41, 5.74) is 1.34. The van der Waals surface area contributed by atoms with Crippen molar-refractivity contribution < 1.29 is 19.1 Å². The molecule has 1 aliphatic heterocycles. The van der Waals surface area contributed by atoms with Crippen LogP contribution in [-0.2, 0) is 14.3 Å². The zero-order chi connectivity index (χ0) is 18.4. The Bertz CT molecular complexity index is 754. The maximum atomic E-state index is 12.3. The zero-order valence-electron chi connectivity index (χ0n) is 14.7. The number of rotatable bonds is 7. The Labute approximate surface area is 156 Å². The highest BCUT2D eigenvalue weighted by molar-refractivity contribution is 7.18. The topological polar surface area (TPSA) is 77.5 Å². The van der Waals surface area contributed by atoms with E-state index >= 15 is 0 Å². The van der Waals surface area contributed by atoms with Crippen molar-refractivity contribution in [1.29, 1.82) is 0 Å². The normalized spacial score (nSPS) is 16.4. The quantitative estimate of drug-likeness (QED) is 0.744. The molecule has 1 fully saturated rings. The molecule has 0 radical (unpaired) electrons. The predicted molar refractivity (Wildman–Crippen MR) is 100 cm³/mol. The maximum absolute atomic E-state index is 12.3. The van der Waals surface area contributed by atoms with Crippen molar-refractivity contribution in [3.8, 4) is 11.3 Å². The van der Waals surface area contributed by atoms with E-state index in [1.54, 1.807) is 6.92 Å². The highest BCUT2D eigenvalue weighted by Crippen LogP contribution is 2.32. The van der Waals surface area contributed by atoms with Crippen LogP contribution in [0.2, 0.25) is 0 Å². The van der Waals surface area contributed by atoms with Gasteiger partial charge in [-0.05, 0) is 26.2 Å². The lowest BCUT2D eigenvalue weighted by Gasteiger charge is -2.07. The van der Waals surface area contributed by atoms with Crippen LogP contribution in [0, 0.1) is 0 Å². The molecule has 1 N–H and O–H groups in total. The third-order valence-corrected chi connectivity index (χ3v) is 5.05. The monoisotopic (exact) mass is 374 g/mol. The average Bonchev–Trinajstić information content (AvgIpc) is 3.31. The third-order valence-electron chi connectivity index (χ3n) is 4.10. The van der Waals surface area contributed by atoms with Crippen molar-refractivity contribution in [2.24, 2.45) is 0 Å². The number of hydrogen-bond donors (Lipinski definition) is 1. The Balaban J connectivity index is 1.72. The van der Waals surface area contributed by atoms with Crippen LogP contribution in [-0.4, -0.2) is 36.2 Å². The molecule has 7 heteroatoms. The first-order valence-corrected chi connectivity index (χ1v) is 9.64. The summed E-state index contributed by atoms with van der Waals surface area (Å²) in [5, 5.41) is 3.21. The van der Waals surface area contributed by atoms with Crippen molar-refractivity contribution in [2.75, 3.05) is 18.5 Å². The summed E-state index contributed by atoms with van der Waals surface area (Å²) in [6, 6.07) is 9.41. The summed E-state index contributed by atoms with van der Waals surface area (Å²) in [6.07, 6.45) is 3.32. The van der Waals surface area contributed by atoms with Crippen molar-refractivity contribution in [3.63, 3.8) is 0 Å². The summed E-state index contributed by atoms with van der Waals surface area (Å²) in [6.45, 7) is 2.82. The van der Waals surface area contributed by atoms with Gasteiger partial charge in [-0.15, -0.1) is 0 Å². The summed E-state index contributed by atoms with van der Waals surface area (Å²) in [5.74, 6) is -0.548. The van der Waals surface area contributed by atoms with Gasteiger partial charge in [0.1, 0.15) is 4.88 Å². The second-order valence-electron chi connectivity index (χ2n) is 6.01. The highest BCUT2D eigenvalue weighted by Gasteiger charge is 2.22. The van der Waals surface area contributed by atoms with Gasteiger partial charge in [-0.3, -0.25) is 4.79 Å². The largest absolute Gasteiger partial charge is 0.462 e. The molecule has 1 amide bonds. The van der Waals surface area contributed by atoms with E-state index < -0.39 is 5.97 Å². The van der Waals surface area contributed by atoms with E-state index in [-0.39, 0.29) is 18.6 Å². The first kappa shape index (κ1) is 18.5. The number of ether oxygens (including phenoxy) is 2. The lowest BCUT2D eigenvalue weighted by atomic mass is 10.1. The molecule has 0 spiro atoms. The summed E-state index contributed by atoms with van der Waals surface area (Å²) in [4.78, 5) is 29.3. The second-order valence-corrected chi connectivity index (χ2v) is 7.00. The SMILES string of the molecule is CCOC(=O)c1sc(NC(=O)CCC2CCCO2)nc1-c1ccccc1. The van der Waals surface area contributed by atoms with Crippen LogP contribution in [0.15, 0.2) is 30.3 Å². The van der Waals surface area contributed by atoms with Gasteiger partial charge in [0.25, 0.3) is 0 Å². The first-order valence-electron chi connectivity index (χ1n) is 8.82. The van der Waals surface area contributed by atoms with Crippen LogP contribution in [0.5, 0.6) is 0 Å². The Kier molecular flexibility index (Phi) is 6.35. The van der Waals surface area contributed by atoms with E-state index in [2.05, 4.69) is 10.3 Å². The number of aromatic nitrogens is 1.